The van der Waals surface area contributed by atoms with Crippen molar-refractivity contribution in [2.24, 2.45) is 0 Å². The highest BCUT2D eigenvalue weighted by molar-refractivity contribution is 5.46. The molecule has 3 fully saturated rings. The third kappa shape index (κ3) is 2.14. The Labute approximate surface area is 116 Å². The Morgan fingerprint density at radius 3 is 2.53 bits per heavy atom. The molecule has 19 heavy (non-hydrogen) atoms. The lowest BCUT2D eigenvalue weighted by molar-refractivity contribution is 0.0261. The molecule has 1 aromatic rings. The van der Waals surface area contributed by atoms with Crippen molar-refractivity contribution in [3.63, 3.8) is 0 Å². The molecule has 3 nitrogen and oxygen atoms in total. The highest BCUT2D eigenvalue weighted by atomic mass is 15.4. The summed E-state index contributed by atoms with van der Waals surface area (Å²) < 4.78 is 0. The van der Waals surface area contributed by atoms with Gasteiger partial charge in [-0.2, -0.15) is 0 Å². The maximum atomic E-state index is 4.72. The van der Waals surface area contributed by atoms with E-state index in [0.717, 1.165) is 31.6 Å². The number of pyridine rings is 1. The number of aryl methyl sites for hydroxylation is 1. The Balaban J connectivity index is 1.82. The smallest absolute Gasteiger partial charge is 0.128 e. The normalized spacial score (nSPS) is 26.7. The van der Waals surface area contributed by atoms with Crippen LogP contribution in [0.15, 0.2) is 12.3 Å². The van der Waals surface area contributed by atoms with Gasteiger partial charge in [0.25, 0.3) is 0 Å². The average molecular weight is 259 g/mol. The number of hydrogen-bond donors (Lipinski definition) is 0. The second kappa shape index (κ2) is 4.78. The molecule has 2 unspecified atom stereocenters. The molecule has 0 radical (unpaired) electrons. The van der Waals surface area contributed by atoms with Crippen LogP contribution < -0.4 is 4.90 Å². The van der Waals surface area contributed by atoms with Crippen molar-refractivity contribution in [3.8, 4) is 0 Å². The summed E-state index contributed by atoms with van der Waals surface area (Å²) in [6.07, 6.45) is 4.57. The predicted molar refractivity (Wildman–Crippen MR) is 79.9 cm³/mol. The van der Waals surface area contributed by atoms with Crippen LogP contribution in [0.5, 0.6) is 0 Å². The van der Waals surface area contributed by atoms with Crippen molar-refractivity contribution in [3.05, 3.63) is 23.4 Å². The van der Waals surface area contributed by atoms with Crippen LogP contribution in [-0.2, 0) is 6.42 Å². The summed E-state index contributed by atoms with van der Waals surface area (Å²) in [6, 6.07) is 3.81. The van der Waals surface area contributed by atoms with Crippen molar-refractivity contribution in [2.75, 3.05) is 25.0 Å². The fraction of sp³-hybridized carbons (Fsp3) is 0.688. The first-order valence-corrected chi connectivity index (χ1v) is 7.55. The summed E-state index contributed by atoms with van der Waals surface area (Å²) in [5.74, 6) is 1.75. The van der Waals surface area contributed by atoms with E-state index in [4.69, 9.17) is 4.98 Å². The number of likely N-dealkylation sites (N-methyl/N-ethyl adjacent to an activating group) is 1. The van der Waals surface area contributed by atoms with Crippen LogP contribution in [0.3, 0.4) is 0 Å². The summed E-state index contributed by atoms with van der Waals surface area (Å²) in [4.78, 5) is 9.71. The molecular formula is C16H25N3. The maximum absolute atomic E-state index is 4.72. The van der Waals surface area contributed by atoms with Crippen molar-refractivity contribution in [1.29, 1.82) is 0 Å². The van der Waals surface area contributed by atoms with E-state index >= 15 is 0 Å². The number of nitrogens with zero attached hydrogens (tertiary/aromatic N) is 3. The minimum Gasteiger partial charge on any atom is -0.353 e. The number of piperidine rings is 1. The van der Waals surface area contributed by atoms with Crippen LogP contribution in [0.1, 0.15) is 44.2 Å². The SMILES string of the molecule is CCc1cc(N2CC3CC(C2)N3C)ncc1C(C)C. The minimum absolute atomic E-state index is 0.567. The van der Waals surface area contributed by atoms with E-state index in [9.17, 15) is 0 Å². The molecule has 1 aromatic heterocycles. The maximum Gasteiger partial charge on any atom is 0.128 e. The summed E-state index contributed by atoms with van der Waals surface area (Å²) in [5, 5.41) is 0. The van der Waals surface area contributed by atoms with Gasteiger partial charge in [0.2, 0.25) is 0 Å². The van der Waals surface area contributed by atoms with Crippen LogP contribution in [0, 0.1) is 0 Å². The first kappa shape index (κ1) is 12.9. The zero-order chi connectivity index (χ0) is 13.6. The van der Waals surface area contributed by atoms with Gasteiger partial charge in [0.05, 0.1) is 0 Å². The summed E-state index contributed by atoms with van der Waals surface area (Å²) in [6.45, 7) is 9.03. The predicted octanol–water partition coefficient (Wildman–Crippen LogP) is 2.66. The van der Waals surface area contributed by atoms with E-state index in [1.165, 1.54) is 23.4 Å². The lowest BCUT2D eigenvalue weighted by Gasteiger charge is -2.55. The molecule has 4 heterocycles. The monoisotopic (exact) mass is 259 g/mol. The number of piperazine rings is 1. The molecular weight excluding hydrogens is 234 g/mol. The third-order valence-corrected chi connectivity index (χ3v) is 4.90. The summed E-state index contributed by atoms with van der Waals surface area (Å²) in [5.41, 5.74) is 2.87. The number of anilines is 1. The molecule has 3 aliphatic rings. The molecule has 104 valence electrons. The van der Waals surface area contributed by atoms with Gasteiger partial charge in [0.15, 0.2) is 0 Å². The molecule has 3 saturated heterocycles. The van der Waals surface area contributed by atoms with Crippen LogP contribution in [0.25, 0.3) is 0 Å². The third-order valence-electron chi connectivity index (χ3n) is 4.90. The van der Waals surface area contributed by atoms with Gasteiger partial charge in [-0.15, -0.1) is 0 Å². The van der Waals surface area contributed by atoms with E-state index in [1.54, 1.807) is 0 Å². The molecule has 0 saturated carbocycles. The Morgan fingerprint density at radius 1 is 1.32 bits per heavy atom. The van der Waals surface area contributed by atoms with Crippen molar-refractivity contribution >= 4 is 5.82 Å². The quantitative estimate of drug-likeness (QED) is 0.832. The van der Waals surface area contributed by atoms with E-state index in [0.29, 0.717) is 5.92 Å². The Bertz CT molecular complexity index is 457. The van der Waals surface area contributed by atoms with Gasteiger partial charge in [-0.3, -0.25) is 4.90 Å². The summed E-state index contributed by atoms with van der Waals surface area (Å²) >= 11 is 0. The fourth-order valence-electron chi connectivity index (χ4n) is 3.48. The molecule has 2 atom stereocenters. The van der Waals surface area contributed by atoms with Gasteiger partial charge in [-0.1, -0.05) is 20.8 Å². The van der Waals surface area contributed by atoms with E-state index in [-0.39, 0.29) is 0 Å². The molecule has 4 rings (SSSR count). The zero-order valence-corrected chi connectivity index (χ0v) is 12.6. The van der Waals surface area contributed by atoms with Crippen molar-refractivity contribution < 1.29 is 0 Å². The largest absolute Gasteiger partial charge is 0.353 e. The lowest BCUT2D eigenvalue weighted by atomic mass is 9.88. The highest BCUT2D eigenvalue weighted by Gasteiger charge is 2.42. The number of aromatic nitrogens is 1. The fourth-order valence-corrected chi connectivity index (χ4v) is 3.48. The number of hydrogen-bond acceptors (Lipinski definition) is 3. The van der Waals surface area contributed by atoms with Crippen molar-refractivity contribution in [1.82, 2.24) is 9.88 Å². The molecule has 3 aliphatic heterocycles. The van der Waals surface area contributed by atoms with Gasteiger partial charge < -0.3 is 4.90 Å². The van der Waals surface area contributed by atoms with Crippen LogP contribution in [-0.4, -0.2) is 42.1 Å². The average Bonchev–Trinajstić information content (AvgIpc) is 2.45. The second-order valence-electron chi connectivity index (χ2n) is 6.36. The van der Waals surface area contributed by atoms with Gasteiger partial charge in [-0.25, -0.2) is 4.98 Å². The molecule has 3 heteroatoms. The number of rotatable bonds is 3. The van der Waals surface area contributed by atoms with Gasteiger partial charge in [-0.05, 0) is 43.0 Å². The number of fused-ring (bicyclic) bond motifs is 2. The lowest BCUT2D eigenvalue weighted by Crippen LogP contribution is -2.67. The topological polar surface area (TPSA) is 19.4 Å². The first-order chi connectivity index (χ1) is 9.10. The van der Waals surface area contributed by atoms with Gasteiger partial charge >= 0.3 is 0 Å². The van der Waals surface area contributed by atoms with Gasteiger partial charge in [0.1, 0.15) is 5.82 Å². The highest BCUT2D eigenvalue weighted by Crippen LogP contribution is 2.33. The summed E-state index contributed by atoms with van der Waals surface area (Å²) in [7, 11) is 2.25. The Morgan fingerprint density at radius 2 is 2.00 bits per heavy atom. The molecule has 0 aromatic carbocycles. The standard InChI is InChI=1S/C16H25N3/c1-5-12-6-16(17-8-15(12)11(2)3)19-9-13-7-14(10-19)18(13)4/h6,8,11,13-14H,5,7,9-10H2,1-4H3. The molecule has 0 N–H and O–H groups in total. The zero-order valence-electron chi connectivity index (χ0n) is 12.6. The van der Waals surface area contributed by atoms with Crippen LogP contribution in [0.4, 0.5) is 5.82 Å². The van der Waals surface area contributed by atoms with E-state index in [1.807, 2.05) is 0 Å². The van der Waals surface area contributed by atoms with Gasteiger partial charge in [0, 0.05) is 31.4 Å². The van der Waals surface area contributed by atoms with E-state index < -0.39 is 0 Å². The first-order valence-electron chi connectivity index (χ1n) is 7.55. The van der Waals surface area contributed by atoms with E-state index in [2.05, 4.69) is 49.9 Å². The molecule has 0 spiro atoms. The van der Waals surface area contributed by atoms with Crippen LogP contribution in [0.2, 0.25) is 0 Å². The minimum atomic E-state index is 0.567. The molecule has 2 bridgehead atoms. The Kier molecular flexibility index (Phi) is 3.25. The van der Waals surface area contributed by atoms with Crippen molar-refractivity contribution in [2.45, 2.75) is 51.6 Å². The Hall–Kier alpha value is -1.09. The second-order valence-corrected chi connectivity index (χ2v) is 6.36. The molecule has 0 aliphatic carbocycles. The molecule has 0 amide bonds. The van der Waals surface area contributed by atoms with Crippen LogP contribution >= 0.6 is 0 Å².